The third-order valence-corrected chi connectivity index (χ3v) is 2.13. The van der Waals surface area contributed by atoms with E-state index in [-0.39, 0.29) is 17.2 Å². The number of esters is 1. The summed E-state index contributed by atoms with van der Waals surface area (Å²) in [5, 5.41) is 0. The predicted molar refractivity (Wildman–Crippen MR) is 57.6 cm³/mol. The quantitative estimate of drug-likeness (QED) is 0.793. The largest absolute Gasteiger partial charge is 0.575 e. The molecule has 0 aliphatic rings. The summed E-state index contributed by atoms with van der Waals surface area (Å²) < 4.78 is 54.1. The molecule has 0 aliphatic heterocycles. The summed E-state index contributed by atoms with van der Waals surface area (Å²) >= 11 is 0. The molecule has 8 heteroatoms. The summed E-state index contributed by atoms with van der Waals surface area (Å²) in [6, 6.07) is 2.36. The van der Waals surface area contributed by atoms with Crippen molar-refractivity contribution in [1.29, 1.82) is 0 Å². The molecule has 0 unspecified atom stereocenters. The molecular formula is C11H11F3O5. The Labute approximate surface area is 106 Å². The van der Waals surface area contributed by atoms with Crippen molar-refractivity contribution in [3.63, 3.8) is 0 Å². The van der Waals surface area contributed by atoms with Crippen LogP contribution in [0.4, 0.5) is 13.2 Å². The molecule has 0 bridgehead atoms. The number of hydrogen-bond acceptors (Lipinski definition) is 5. The van der Waals surface area contributed by atoms with Gasteiger partial charge in [0.1, 0.15) is 5.56 Å². The minimum Gasteiger partial charge on any atom is -0.493 e. The summed E-state index contributed by atoms with van der Waals surface area (Å²) in [6.45, 7) is 0. The first-order chi connectivity index (χ1) is 8.84. The van der Waals surface area contributed by atoms with Crippen LogP contribution in [0.15, 0.2) is 12.1 Å². The molecule has 1 aromatic rings. The smallest absolute Gasteiger partial charge is 0.493 e. The number of benzene rings is 1. The van der Waals surface area contributed by atoms with Crippen molar-refractivity contribution in [3.8, 4) is 17.2 Å². The number of alkyl halides is 3. The van der Waals surface area contributed by atoms with E-state index in [1.165, 1.54) is 27.4 Å². The molecule has 0 heterocycles. The highest BCUT2D eigenvalue weighted by molar-refractivity contribution is 5.94. The van der Waals surface area contributed by atoms with Gasteiger partial charge in [-0.15, -0.1) is 13.2 Å². The Kier molecular flexibility index (Phi) is 4.47. The Bertz CT molecular complexity index is 470. The van der Waals surface area contributed by atoms with Crippen molar-refractivity contribution < 1.29 is 36.9 Å². The summed E-state index contributed by atoms with van der Waals surface area (Å²) in [6.07, 6.45) is -5.07. The Morgan fingerprint density at radius 1 is 1.00 bits per heavy atom. The van der Waals surface area contributed by atoms with Crippen LogP contribution < -0.4 is 14.2 Å². The van der Waals surface area contributed by atoms with Gasteiger partial charge in [0.2, 0.25) is 5.75 Å². The van der Waals surface area contributed by atoms with Gasteiger partial charge < -0.3 is 18.9 Å². The molecule has 0 atom stereocenters. The van der Waals surface area contributed by atoms with Gasteiger partial charge in [-0.25, -0.2) is 4.79 Å². The lowest BCUT2D eigenvalue weighted by atomic mass is 10.1. The first kappa shape index (κ1) is 14.9. The third kappa shape index (κ3) is 3.43. The van der Waals surface area contributed by atoms with Crippen molar-refractivity contribution in [3.05, 3.63) is 17.7 Å². The van der Waals surface area contributed by atoms with Crippen LogP contribution in [0.5, 0.6) is 17.2 Å². The van der Waals surface area contributed by atoms with E-state index in [4.69, 9.17) is 14.2 Å². The number of halogens is 3. The van der Waals surface area contributed by atoms with Crippen LogP contribution in [0.1, 0.15) is 10.4 Å². The van der Waals surface area contributed by atoms with E-state index in [0.29, 0.717) is 0 Å². The van der Waals surface area contributed by atoms with Crippen molar-refractivity contribution in [1.82, 2.24) is 0 Å². The molecule has 0 spiro atoms. The van der Waals surface area contributed by atoms with Crippen LogP contribution in [0.2, 0.25) is 0 Å². The highest BCUT2D eigenvalue weighted by Crippen LogP contribution is 2.40. The van der Waals surface area contributed by atoms with Crippen LogP contribution in [0, 0.1) is 0 Å². The normalized spacial score (nSPS) is 10.8. The topological polar surface area (TPSA) is 54.0 Å². The van der Waals surface area contributed by atoms with E-state index in [9.17, 15) is 18.0 Å². The molecule has 0 saturated heterocycles. The summed E-state index contributed by atoms with van der Waals surface area (Å²) in [5.74, 6) is -1.58. The molecule has 1 rings (SSSR count). The van der Waals surface area contributed by atoms with Gasteiger partial charge in [0, 0.05) is 0 Å². The molecule has 106 valence electrons. The molecule has 19 heavy (non-hydrogen) atoms. The van der Waals surface area contributed by atoms with Gasteiger partial charge >= 0.3 is 12.3 Å². The zero-order valence-corrected chi connectivity index (χ0v) is 10.3. The summed E-state index contributed by atoms with van der Waals surface area (Å²) in [5.41, 5.74) is -0.419. The lowest BCUT2D eigenvalue weighted by Gasteiger charge is -2.15. The number of hydrogen-bond donors (Lipinski definition) is 0. The van der Waals surface area contributed by atoms with Gasteiger partial charge in [-0.1, -0.05) is 0 Å². The maximum absolute atomic E-state index is 12.0. The SMILES string of the molecule is COc1ccc(C(=O)OC(F)(F)F)c(OC)c1OC. The second-order valence-corrected chi connectivity index (χ2v) is 3.22. The number of carbonyl (C=O) groups is 1. The molecule has 0 radical (unpaired) electrons. The van der Waals surface area contributed by atoms with Crippen molar-refractivity contribution in [2.75, 3.05) is 21.3 Å². The minimum atomic E-state index is -5.07. The second-order valence-electron chi connectivity index (χ2n) is 3.22. The fourth-order valence-corrected chi connectivity index (χ4v) is 1.42. The van der Waals surface area contributed by atoms with E-state index in [1.807, 2.05) is 0 Å². The molecule has 1 aromatic carbocycles. The average Bonchev–Trinajstić information content (AvgIpc) is 2.34. The van der Waals surface area contributed by atoms with E-state index in [0.717, 1.165) is 6.07 Å². The van der Waals surface area contributed by atoms with Gasteiger partial charge in [-0.2, -0.15) is 0 Å². The molecule has 0 aliphatic carbocycles. The lowest BCUT2D eigenvalue weighted by Crippen LogP contribution is -2.20. The van der Waals surface area contributed by atoms with Crippen LogP contribution in [0.3, 0.4) is 0 Å². The molecule has 5 nitrogen and oxygen atoms in total. The van der Waals surface area contributed by atoms with E-state index >= 15 is 0 Å². The average molecular weight is 280 g/mol. The number of ether oxygens (including phenoxy) is 4. The number of carbonyl (C=O) groups excluding carboxylic acids is 1. The molecule has 0 saturated carbocycles. The Hall–Kier alpha value is -2.12. The zero-order valence-electron chi connectivity index (χ0n) is 10.3. The third-order valence-electron chi connectivity index (χ3n) is 2.13. The van der Waals surface area contributed by atoms with Gasteiger partial charge in [0.05, 0.1) is 21.3 Å². The van der Waals surface area contributed by atoms with Crippen LogP contribution in [-0.2, 0) is 4.74 Å². The Morgan fingerprint density at radius 3 is 2.00 bits per heavy atom. The van der Waals surface area contributed by atoms with Gasteiger partial charge in [-0.05, 0) is 12.1 Å². The van der Waals surface area contributed by atoms with E-state index in [1.54, 1.807) is 0 Å². The number of rotatable bonds is 4. The highest BCUT2D eigenvalue weighted by Gasteiger charge is 2.36. The first-order valence-electron chi connectivity index (χ1n) is 4.93. The van der Waals surface area contributed by atoms with Gasteiger partial charge in [0.25, 0.3) is 0 Å². The standard InChI is InChI=1S/C11H11F3O5/c1-16-7-5-4-6(8(17-2)9(7)18-3)10(15)19-11(12,13)14/h4-5H,1-3H3. The molecule has 0 amide bonds. The molecule has 0 N–H and O–H groups in total. The van der Waals surface area contributed by atoms with Crippen molar-refractivity contribution >= 4 is 5.97 Å². The molecule has 0 aromatic heterocycles. The number of methoxy groups -OCH3 is 3. The maximum Gasteiger partial charge on any atom is 0.575 e. The lowest BCUT2D eigenvalue weighted by molar-refractivity contribution is -0.291. The maximum atomic E-state index is 12.0. The van der Waals surface area contributed by atoms with Crippen LogP contribution in [-0.4, -0.2) is 33.7 Å². The van der Waals surface area contributed by atoms with E-state index < -0.39 is 17.9 Å². The summed E-state index contributed by atoms with van der Waals surface area (Å²) in [4.78, 5) is 11.4. The van der Waals surface area contributed by atoms with Gasteiger partial charge in [-0.3, -0.25) is 0 Å². The monoisotopic (exact) mass is 280 g/mol. The Balaban J connectivity index is 3.25. The summed E-state index contributed by atoms with van der Waals surface area (Å²) in [7, 11) is 3.78. The second kappa shape index (κ2) is 5.68. The van der Waals surface area contributed by atoms with Crippen LogP contribution >= 0.6 is 0 Å². The molecule has 0 fully saturated rings. The van der Waals surface area contributed by atoms with Crippen LogP contribution in [0.25, 0.3) is 0 Å². The first-order valence-corrected chi connectivity index (χ1v) is 4.93. The minimum absolute atomic E-state index is 0.00150. The van der Waals surface area contributed by atoms with Crippen molar-refractivity contribution in [2.45, 2.75) is 6.36 Å². The predicted octanol–water partition coefficient (Wildman–Crippen LogP) is 2.39. The zero-order chi connectivity index (χ0) is 14.6. The fourth-order valence-electron chi connectivity index (χ4n) is 1.42. The molecular weight excluding hydrogens is 269 g/mol. The fraction of sp³-hybridized carbons (Fsp3) is 0.364. The van der Waals surface area contributed by atoms with E-state index in [2.05, 4.69) is 4.74 Å². The van der Waals surface area contributed by atoms with Crippen molar-refractivity contribution in [2.24, 2.45) is 0 Å². The van der Waals surface area contributed by atoms with Gasteiger partial charge in [0.15, 0.2) is 11.5 Å². The Morgan fingerprint density at radius 2 is 1.58 bits per heavy atom. The highest BCUT2D eigenvalue weighted by atomic mass is 19.4.